The molecule has 2 aromatic carbocycles. The van der Waals surface area contributed by atoms with Gasteiger partial charge in [-0.15, -0.1) is 11.8 Å². The molecule has 108 valence electrons. The summed E-state index contributed by atoms with van der Waals surface area (Å²) in [5.41, 5.74) is 2.35. The lowest BCUT2D eigenvalue weighted by molar-refractivity contribution is 0.0695. The second kappa shape index (κ2) is 5.82. The van der Waals surface area contributed by atoms with Gasteiger partial charge in [-0.1, -0.05) is 24.3 Å². The van der Waals surface area contributed by atoms with Crippen LogP contribution in [0.3, 0.4) is 0 Å². The normalized spacial score (nSPS) is 16.5. The lowest BCUT2D eigenvalue weighted by Crippen LogP contribution is -2.14. The second-order valence-electron chi connectivity index (χ2n) is 5.10. The van der Waals surface area contributed by atoms with Crippen LogP contribution in [0.1, 0.15) is 21.5 Å². The average Bonchev–Trinajstić information content (AvgIpc) is 2.88. The first kappa shape index (κ1) is 14.0. The van der Waals surface area contributed by atoms with Crippen molar-refractivity contribution in [3.05, 3.63) is 59.2 Å². The zero-order valence-electron chi connectivity index (χ0n) is 11.7. The van der Waals surface area contributed by atoms with E-state index in [1.54, 1.807) is 19.1 Å². The number of carboxylic acids is 1. The van der Waals surface area contributed by atoms with Crippen LogP contribution in [0.25, 0.3) is 0 Å². The van der Waals surface area contributed by atoms with E-state index >= 15 is 0 Å². The van der Waals surface area contributed by atoms with Crippen LogP contribution in [0.2, 0.25) is 0 Å². The molecule has 1 N–H and O–H groups in total. The van der Waals surface area contributed by atoms with Gasteiger partial charge in [-0.2, -0.15) is 0 Å². The van der Waals surface area contributed by atoms with E-state index in [0.29, 0.717) is 28.7 Å². The van der Waals surface area contributed by atoms with E-state index in [4.69, 9.17) is 9.84 Å². The Balaban J connectivity index is 1.67. The molecule has 0 saturated heterocycles. The zero-order chi connectivity index (χ0) is 14.8. The van der Waals surface area contributed by atoms with E-state index in [1.165, 1.54) is 10.5 Å². The van der Waals surface area contributed by atoms with Gasteiger partial charge in [0.1, 0.15) is 12.4 Å². The van der Waals surface area contributed by atoms with Crippen LogP contribution in [0.4, 0.5) is 0 Å². The minimum absolute atomic E-state index is 0.301. The minimum Gasteiger partial charge on any atom is -0.492 e. The van der Waals surface area contributed by atoms with Gasteiger partial charge in [-0.3, -0.25) is 0 Å². The molecule has 4 heteroatoms. The quantitative estimate of drug-likeness (QED) is 0.933. The van der Waals surface area contributed by atoms with Gasteiger partial charge in [0.2, 0.25) is 0 Å². The third-order valence-electron chi connectivity index (χ3n) is 3.65. The average molecular weight is 300 g/mol. The van der Waals surface area contributed by atoms with Crippen LogP contribution in [0.5, 0.6) is 5.75 Å². The molecule has 0 spiro atoms. The maximum absolute atomic E-state index is 11.1. The van der Waals surface area contributed by atoms with Crippen LogP contribution in [0.15, 0.2) is 47.4 Å². The molecule has 3 nitrogen and oxygen atoms in total. The Hall–Kier alpha value is -1.94. The van der Waals surface area contributed by atoms with Crippen molar-refractivity contribution in [3.63, 3.8) is 0 Å². The van der Waals surface area contributed by atoms with Crippen molar-refractivity contribution in [2.24, 2.45) is 0 Å². The molecular weight excluding hydrogens is 284 g/mol. The van der Waals surface area contributed by atoms with Crippen molar-refractivity contribution < 1.29 is 14.6 Å². The fourth-order valence-electron chi connectivity index (χ4n) is 2.53. The third kappa shape index (κ3) is 2.90. The monoisotopic (exact) mass is 300 g/mol. The number of carboxylic acid groups (broad SMARTS) is 1. The summed E-state index contributed by atoms with van der Waals surface area (Å²) in [4.78, 5) is 12.4. The van der Waals surface area contributed by atoms with Crippen molar-refractivity contribution in [1.82, 2.24) is 0 Å². The van der Waals surface area contributed by atoms with Gasteiger partial charge in [0.05, 0.1) is 5.56 Å². The number of fused-ring (bicyclic) bond motifs is 1. The van der Waals surface area contributed by atoms with Crippen LogP contribution in [-0.2, 0) is 6.42 Å². The lowest BCUT2D eigenvalue weighted by Gasteiger charge is -2.14. The highest BCUT2D eigenvalue weighted by molar-refractivity contribution is 8.00. The molecule has 2 aromatic rings. The Bertz CT molecular complexity index is 656. The fourth-order valence-corrected chi connectivity index (χ4v) is 3.75. The Morgan fingerprint density at radius 1 is 1.29 bits per heavy atom. The smallest absolute Gasteiger partial charge is 0.336 e. The number of benzene rings is 2. The van der Waals surface area contributed by atoms with Crippen LogP contribution in [0, 0.1) is 6.92 Å². The van der Waals surface area contributed by atoms with E-state index in [2.05, 4.69) is 24.3 Å². The summed E-state index contributed by atoms with van der Waals surface area (Å²) in [5.74, 6) is -0.257. The molecule has 1 aliphatic rings. The molecule has 0 bridgehead atoms. The SMILES string of the molecule is Cc1c(OCC2Cc3ccccc3S2)cccc1C(=O)O. The van der Waals surface area contributed by atoms with E-state index in [1.807, 2.05) is 17.8 Å². The van der Waals surface area contributed by atoms with Crippen molar-refractivity contribution in [2.75, 3.05) is 6.61 Å². The first-order valence-electron chi connectivity index (χ1n) is 6.85. The molecule has 21 heavy (non-hydrogen) atoms. The summed E-state index contributed by atoms with van der Waals surface area (Å²) in [6.07, 6.45) is 0.999. The first-order chi connectivity index (χ1) is 10.1. The van der Waals surface area contributed by atoms with Gasteiger partial charge in [0, 0.05) is 15.7 Å². The van der Waals surface area contributed by atoms with Gasteiger partial charge in [0.25, 0.3) is 0 Å². The number of rotatable bonds is 4. The van der Waals surface area contributed by atoms with E-state index in [9.17, 15) is 4.79 Å². The third-order valence-corrected chi connectivity index (χ3v) is 4.94. The molecule has 3 rings (SSSR count). The number of hydrogen-bond acceptors (Lipinski definition) is 3. The molecule has 1 unspecified atom stereocenters. The summed E-state index contributed by atoms with van der Waals surface area (Å²) in [7, 11) is 0. The van der Waals surface area contributed by atoms with Crippen molar-refractivity contribution in [2.45, 2.75) is 23.5 Å². The molecule has 0 amide bonds. The number of aromatic carboxylic acids is 1. The predicted molar refractivity (Wildman–Crippen MR) is 83.4 cm³/mol. The molecule has 0 aromatic heterocycles. The van der Waals surface area contributed by atoms with Gasteiger partial charge >= 0.3 is 5.97 Å². The topological polar surface area (TPSA) is 46.5 Å². The van der Waals surface area contributed by atoms with E-state index in [-0.39, 0.29) is 0 Å². The fraction of sp³-hybridized carbons (Fsp3) is 0.235. The molecule has 1 atom stereocenters. The summed E-state index contributed by atoms with van der Waals surface area (Å²) < 4.78 is 5.86. The Kier molecular flexibility index (Phi) is 3.88. The van der Waals surface area contributed by atoms with Crippen molar-refractivity contribution in [3.8, 4) is 5.75 Å². The molecule has 1 aliphatic heterocycles. The second-order valence-corrected chi connectivity index (χ2v) is 6.44. The maximum Gasteiger partial charge on any atom is 0.336 e. The van der Waals surface area contributed by atoms with Crippen LogP contribution in [-0.4, -0.2) is 22.9 Å². The van der Waals surface area contributed by atoms with Gasteiger partial charge in [0.15, 0.2) is 0 Å². The predicted octanol–water partition coefficient (Wildman–Crippen LogP) is 3.79. The lowest BCUT2D eigenvalue weighted by atomic mass is 10.1. The first-order valence-corrected chi connectivity index (χ1v) is 7.73. The largest absolute Gasteiger partial charge is 0.492 e. The van der Waals surface area contributed by atoms with E-state index < -0.39 is 5.97 Å². The van der Waals surface area contributed by atoms with Gasteiger partial charge < -0.3 is 9.84 Å². The molecule has 1 heterocycles. The number of thioether (sulfide) groups is 1. The molecule has 0 saturated carbocycles. The Labute approximate surface area is 127 Å². The standard InChI is InChI=1S/C17H16O3S/c1-11-14(17(18)19)6-4-7-15(11)20-10-13-9-12-5-2-3-8-16(12)21-13/h2-8,13H,9-10H2,1H3,(H,18,19). The highest BCUT2D eigenvalue weighted by Gasteiger charge is 2.22. The highest BCUT2D eigenvalue weighted by Crippen LogP contribution is 2.37. The molecular formula is C17H16O3S. The van der Waals surface area contributed by atoms with Crippen LogP contribution >= 0.6 is 11.8 Å². The Morgan fingerprint density at radius 2 is 2.10 bits per heavy atom. The summed E-state index contributed by atoms with van der Waals surface area (Å²) in [6.45, 7) is 2.37. The number of ether oxygens (including phenoxy) is 1. The minimum atomic E-state index is -0.916. The molecule has 0 fully saturated rings. The Morgan fingerprint density at radius 3 is 2.86 bits per heavy atom. The van der Waals surface area contributed by atoms with Gasteiger partial charge in [-0.25, -0.2) is 4.79 Å². The summed E-state index contributed by atoms with van der Waals surface area (Å²) in [5, 5.41) is 9.51. The van der Waals surface area contributed by atoms with Gasteiger partial charge in [-0.05, 0) is 37.1 Å². The highest BCUT2D eigenvalue weighted by atomic mass is 32.2. The van der Waals surface area contributed by atoms with Crippen molar-refractivity contribution in [1.29, 1.82) is 0 Å². The summed E-state index contributed by atoms with van der Waals surface area (Å²) >= 11 is 1.83. The number of carbonyl (C=O) groups is 1. The molecule has 0 aliphatic carbocycles. The van der Waals surface area contributed by atoms with Crippen molar-refractivity contribution >= 4 is 17.7 Å². The maximum atomic E-state index is 11.1. The number of hydrogen-bond donors (Lipinski definition) is 1. The van der Waals surface area contributed by atoms with E-state index in [0.717, 1.165) is 6.42 Å². The zero-order valence-corrected chi connectivity index (χ0v) is 12.5. The molecule has 0 radical (unpaired) electrons. The van der Waals surface area contributed by atoms with Crippen LogP contribution < -0.4 is 4.74 Å². The summed E-state index contributed by atoms with van der Waals surface area (Å²) in [6, 6.07) is 13.6.